The van der Waals surface area contributed by atoms with Crippen molar-refractivity contribution in [3.63, 3.8) is 0 Å². The van der Waals surface area contributed by atoms with Gasteiger partial charge in [-0.1, -0.05) is 53.2 Å². The van der Waals surface area contributed by atoms with Crippen molar-refractivity contribution in [1.29, 1.82) is 0 Å². The summed E-state index contributed by atoms with van der Waals surface area (Å²) in [6.07, 6.45) is 1.88. The summed E-state index contributed by atoms with van der Waals surface area (Å²) in [6, 6.07) is 14.6. The number of likely N-dealkylation sites (tertiary alicyclic amines) is 1. The van der Waals surface area contributed by atoms with Crippen molar-refractivity contribution in [2.75, 3.05) is 13.1 Å². The molecule has 1 atom stereocenters. The molecular formula is C23H23ClFN3O2. The Morgan fingerprint density at radius 1 is 1.27 bits per heavy atom. The first-order valence-corrected chi connectivity index (χ1v) is 10.4. The van der Waals surface area contributed by atoms with E-state index in [2.05, 4.69) is 27.5 Å². The fraction of sp³-hybridized carbons (Fsp3) is 0.304. The quantitative estimate of drug-likeness (QED) is 0.633. The van der Waals surface area contributed by atoms with Gasteiger partial charge in [0.1, 0.15) is 22.8 Å². The van der Waals surface area contributed by atoms with Crippen molar-refractivity contribution in [3.8, 4) is 11.3 Å². The summed E-state index contributed by atoms with van der Waals surface area (Å²) in [5, 5.41) is 7.19. The van der Waals surface area contributed by atoms with E-state index in [1.807, 2.05) is 18.2 Å². The second kappa shape index (κ2) is 8.98. The van der Waals surface area contributed by atoms with Crippen LogP contribution in [0.5, 0.6) is 0 Å². The minimum absolute atomic E-state index is 0.00629. The van der Waals surface area contributed by atoms with Gasteiger partial charge in [-0.3, -0.25) is 9.69 Å². The molecule has 1 unspecified atom stereocenters. The lowest BCUT2D eigenvalue weighted by Gasteiger charge is -2.33. The number of piperidine rings is 1. The molecule has 1 aromatic heterocycles. The molecule has 0 radical (unpaired) electrons. The van der Waals surface area contributed by atoms with E-state index in [4.69, 9.17) is 16.1 Å². The van der Waals surface area contributed by atoms with Crippen molar-refractivity contribution in [2.24, 2.45) is 0 Å². The number of nitrogens with one attached hydrogen (secondary N) is 1. The molecule has 7 heteroatoms. The molecule has 0 bridgehead atoms. The van der Waals surface area contributed by atoms with Crippen molar-refractivity contribution < 1.29 is 13.7 Å². The molecule has 0 aliphatic carbocycles. The number of aromatic nitrogens is 1. The zero-order chi connectivity index (χ0) is 21.1. The molecule has 0 spiro atoms. The molecule has 30 heavy (non-hydrogen) atoms. The van der Waals surface area contributed by atoms with Gasteiger partial charge in [0.25, 0.3) is 5.91 Å². The average Bonchev–Trinajstić information content (AvgIpc) is 3.10. The maximum Gasteiger partial charge on any atom is 0.257 e. The molecule has 5 nitrogen and oxygen atoms in total. The normalized spacial score (nSPS) is 17.1. The fourth-order valence-electron chi connectivity index (χ4n) is 3.95. The number of aryl methyl sites for hydroxylation is 1. The molecule has 0 saturated carbocycles. The number of hydrogen-bond acceptors (Lipinski definition) is 4. The van der Waals surface area contributed by atoms with Gasteiger partial charge in [-0.05, 0) is 44.0 Å². The number of benzene rings is 2. The highest BCUT2D eigenvalue weighted by molar-refractivity contribution is 6.33. The zero-order valence-corrected chi connectivity index (χ0v) is 17.5. The Hall–Kier alpha value is -2.70. The summed E-state index contributed by atoms with van der Waals surface area (Å²) in [6.45, 7) is 4.22. The number of halogens is 2. The van der Waals surface area contributed by atoms with Crippen molar-refractivity contribution in [3.05, 3.63) is 76.3 Å². The molecule has 4 rings (SSSR count). The predicted octanol–water partition coefficient (Wildman–Crippen LogP) is 4.84. The van der Waals surface area contributed by atoms with E-state index in [9.17, 15) is 9.18 Å². The average molecular weight is 428 g/mol. The highest BCUT2D eigenvalue weighted by Crippen LogP contribution is 2.33. The standard InChI is InChI=1S/C23H23ClFN3O2/c1-15-20(22(27-30-15)21-18(24)10-5-11-19(21)25)23(29)26-17-9-6-12-28(14-17)13-16-7-3-2-4-8-16/h2-5,7-8,10-11,17H,6,9,12-14H2,1H3,(H,26,29). The van der Waals surface area contributed by atoms with E-state index in [0.29, 0.717) is 5.76 Å². The first kappa shape index (κ1) is 20.6. The molecule has 1 aliphatic rings. The highest BCUT2D eigenvalue weighted by atomic mass is 35.5. The van der Waals surface area contributed by atoms with Crippen molar-refractivity contribution in [2.45, 2.75) is 32.4 Å². The van der Waals surface area contributed by atoms with Crippen LogP contribution in [0.15, 0.2) is 53.1 Å². The summed E-state index contributed by atoms with van der Waals surface area (Å²) in [5.74, 6) is -0.537. The topological polar surface area (TPSA) is 58.4 Å². The van der Waals surface area contributed by atoms with E-state index in [-0.39, 0.29) is 33.8 Å². The van der Waals surface area contributed by atoms with Gasteiger partial charge in [-0.2, -0.15) is 0 Å². The summed E-state index contributed by atoms with van der Waals surface area (Å²) in [4.78, 5) is 15.4. The first-order valence-electron chi connectivity index (χ1n) is 10.0. The van der Waals surface area contributed by atoms with Crippen LogP contribution in [0, 0.1) is 12.7 Å². The lowest BCUT2D eigenvalue weighted by atomic mass is 10.0. The summed E-state index contributed by atoms with van der Waals surface area (Å²) < 4.78 is 19.6. The van der Waals surface area contributed by atoms with Crippen LogP contribution >= 0.6 is 11.6 Å². The van der Waals surface area contributed by atoms with Crippen LogP contribution in [-0.4, -0.2) is 35.1 Å². The van der Waals surface area contributed by atoms with Crippen LogP contribution < -0.4 is 5.32 Å². The second-order valence-corrected chi connectivity index (χ2v) is 8.00. The number of carbonyl (C=O) groups is 1. The van der Waals surface area contributed by atoms with Gasteiger partial charge in [0.15, 0.2) is 0 Å². The van der Waals surface area contributed by atoms with Gasteiger partial charge in [0, 0.05) is 19.1 Å². The molecule has 1 fully saturated rings. The molecule has 156 valence electrons. The Morgan fingerprint density at radius 3 is 2.83 bits per heavy atom. The minimum Gasteiger partial charge on any atom is -0.360 e. The Bertz CT molecular complexity index is 1020. The van der Waals surface area contributed by atoms with Gasteiger partial charge in [0.2, 0.25) is 0 Å². The lowest BCUT2D eigenvalue weighted by molar-refractivity contribution is 0.0900. The van der Waals surface area contributed by atoms with Crippen LogP contribution in [0.1, 0.15) is 34.5 Å². The smallest absolute Gasteiger partial charge is 0.257 e. The van der Waals surface area contributed by atoms with E-state index in [1.165, 1.54) is 17.7 Å². The van der Waals surface area contributed by atoms with Crippen LogP contribution in [0.4, 0.5) is 4.39 Å². The van der Waals surface area contributed by atoms with Gasteiger partial charge >= 0.3 is 0 Å². The van der Waals surface area contributed by atoms with Gasteiger partial charge in [-0.15, -0.1) is 0 Å². The van der Waals surface area contributed by atoms with Gasteiger partial charge in [-0.25, -0.2) is 4.39 Å². The summed E-state index contributed by atoms with van der Waals surface area (Å²) in [5.41, 5.74) is 1.68. The Morgan fingerprint density at radius 2 is 2.07 bits per heavy atom. The number of hydrogen-bond donors (Lipinski definition) is 1. The molecule has 1 amide bonds. The third-order valence-electron chi connectivity index (χ3n) is 5.38. The molecular weight excluding hydrogens is 405 g/mol. The Balaban J connectivity index is 1.50. The summed E-state index contributed by atoms with van der Waals surface area (Å²) in [7, 11) is 0. The molecule has 1 aliphatic heterocycles. The van der Waals surface area contributed by atoms with Crippen LogP contribution in [-0.2, 0) is 6.54 Å². The van der Waals surface area contributed by atoms with Crippen LogP contribution in [0.2, 0.25) is 5.02 Å². The molecule has 1 N–H and O–H groups in total. The number of rotatable bonds is 5. The van der Waals surface area contributed by atoms with E-state index < -0.39 is 5.82 Å². The van der Waals surface area contributed by atoms with Crippen LogP contribution in [0.25, 0.3) is 11.3 Å². The largest absolute Gasteiger partial charge is 0.360 e. The maximum absolute atomic E-state index is 14.4. The minimum atomic E-state index is -0.545. The SMILES string of the molecule is Cc1onc(-c2c(F)cccc2Cl)c1C(=O)NC1CCCN(Cc2ccccc2)C1. The fourth-order valence-corrected chi connectivity index (χ4v) is 4.20. The van der Waals surface area contributed by atoms with Crippen molar-refractivity contribution in [1.82, 2.24) is 15.4 Å². The number of amides is 1. The molecule has 1 saturated heterocycles. The third-order valence-corrected chi connectivity index (χ3v) is 5.69. The Kier molecular flexibility index (Phi) is 6.16. The van der Waals surface area contributed by atoms with Gasteiger partial charge in [0.05, 0.1) is 10.6 Å². The first-order chi connectivity index (χ1) is 14.5. The second-order valence-electron chi connectivity index (χ2n) is 7.59. The maximum atomic E-state index is 14.4. The van der Waals surface area contributed by atoms with Gasteiger partial charge < -0.3 is 9.84 Å². The number of carbonyl (C=O) groups excluding carboxylic acids is 1. The zero-order valence-electron chi connectivity index (χ0n) is 16.7. The highest BCUT2D eigenvalue weighted by Gasteiger charge is 2.28. The summed E-state index contributed by atoms with van der Waals surface area (Å²) >= 11 is 6.18. The molecule has 2 heterocycles. The van der Waals surface area contributed by atoms with Crippen LogP contribution in [0.3, 0.4) is 0 Å². The van der Waals surface area contributed by atoms with E-state index in [1.54, 1.807) is 13.0 Å². The monoisotopic (exact) mass is 427 g/mol. The Labute approximate surface area is 179 Å². The molecule has 2 aromatic carbocycles. The van der Waals surface area contributed by atoms with E-state index in [0.717, 1.165) is 32.5 Å². The van der Waals surface area contributed by atoms with Crippen molar-refractivity contribution >= 4 is 17.5 Å². The third kappa shape index (κ3) is 4.40. The molecule has 3 aromatic rings. The number of nitrogens with zero attached hydrogens (tertiary/aromatic N) is 2. The lowest BCUT2D eigenvalue weighted by Crippen LogP contribution is -2.47. The van der Waals surface area contributed by atoms with E-state index >= 15 is 0 Å². The predicted molar refractivity (Wildman–Crippen MR) is 114 cm³/mol.